The van der Waals surface area contributed by atoms with Crippen molar-refractivity contribution in [1.82, 2.24) is 0 Å². The minimum atomic E-state index is -0.630. The number of halogens is 3. The predicted molar refractivity (Wildman–Crippen MR) is 62.6 cm³/mol. The highest BCUT2D eigenvalue weighted by atomic mass is 79.9. The Labute approximate surface area is 100 Å². The summed E-state index contributed by atoms with van der Waals surface area (Å²) in [6.45, 7) is 0. The van der Waals surface area contributed by atoms with Gasteiger partial charge in [-0.1, -0.05) is 0 Å². The molecule has 0 unspecified atom stereocenters. The summed E-state index contributed by atoms with van der Waals surface area (Å²) in [5.74, 6) is -0.917. The molecule has 1 aromatic rings. The molecule has 5 heteroatoms. The van der Waals surface area contributed by atoms with E-state index in [1.807, 2.05) is 0 Å². The quantitative estimate of drug-likeness (QED) is 0.482. The van der Waals surface area contributed by atoms with Gasteiger partial charge in [0.1, 0.15) is 11.6 Å². The number of hydrogen-bond donors (Lipinski definition) is 1. The molecule has 1 aromatic carbocycles. The molecule has 15 heavy (non-hydrogen) atoms. The smallest absolute Gasteiger partial charge is 0.149 e. The average Bonchev–Trinajstić information content (AvgIpc) is 3.02. The minimum Gasteiger partial charge on any atom is -0.227 e. The van der Waals surface area contributed by atoms with Gasteiger partial charge in [-0.2, -0.15) is 0 Å². The van der Waals surface area contributed by atoms with Gasteiger partial charge in [-0.15, -0.1) is 0 Å². The van der Waals surface area contributed by atoms with Crippen LogP contribution in [0.15, 0.2) is 14.9 Å². The Morgan fingerprint density at radius 2 is 2.07 bits per heavy atom. The Bertz CT molecular complexity index is 430. The molecule has 0 N–H and O–H groups in total. The van der Waals surface area contributed by atoms with Crippen LogP contribution in [-0.2, 0) is 0 Å². The second kappa shape index (κ2) is 4.22. The first-order valence-corrected chi connectivity index (χ1v) is 5.69. The molecule has 1 fully saturated rings. The van der Waals surface area contributed by atoms with Crippen LogP contribution in [0.25, 0.3) is 0 Å². The molecule has 0 radical (unpaired) electrons. The molecule has 80 valence electrons. The normalized spacial score (nSPS) is 16.3. The second-order valence-electron chi connectivity index (χ2n) is 3.51. The Balaban J connectivity index is 2.59. The SMILES string of the molecule is Fc1c(Br)cc(C2CC2)c(F)c1/C=N/S. The Morgan fingerprint density at radius 3 is 2.60 bits per heavy atom. The Kier molecular flexibility index (Phi) is 3.11. The van der Waals surface area contributed by atoms with Crippen LogP contribution in [0.4, 0.5) is 8.78 Å². The fraction of sp³-hybridized carbons (Fsp3) is 0.300. The molecule has 0 aromatic heterocycles. The maximum atomic E-state index is 13.8. The van der Waals surface area contributed by atoms with Crippen molar-refractivity contribution < 1.29 is 8.78 Å². The van der Waals surface area contributed by atoms with Crippen molar-refractivity contribution in [3.8, 4) is 0 Å². The first-order chi connectivity index (χ1) is 7.15. The third kappa shape index (κ3) is 2.08. The zero-order chi connectivity index (χ0) is 11.0. The van der Waals surface area contributed by atoms with Crippen LogP contribution in [0.5, 0.6) is 0 Å². The van der Waals surface area contributed by atoms with E-state index in [4.69, 9.17) is 0 Å². The van der Waals surface area contributed by atoms with Gasteiger partial charge in [-0.3, -0.25) is 0 Å². The van der Waals surface area contributed by atoms with E-state index in [0.29, 0.717) is 5.56 Å². The standard InChI is InChI=1S/C10H8BrF2NS/c11-8-3-6(5-1-2-5)9(12)7(4-14-15)10(8)13/h3-5,15H,1-2H2/b14-4+. The molecule has 0 saturated heterocycles. The van der Waals surface area contributed by atoms with E-state index in [9.17, 15) is 8.78 Å². The van der Waals surface area contributed by atoms with Crippen LogP contribution >= 0.6 is 28.7 Å². The largest absolute Gasteiger partial charge is 0.227 e. The van der Waals surface area contributed by atoms with E-state index >= 15 is 0 Å². The highest BCUT2D eigenvalue weighted by Crippen LogP contribution is 2.43. The summed E-state index contributed by atoms with van der Waals surface area (Å²) in [4.78, 5) is 0. The van der Waals surface area contributed by atoms with Gasteiger partial charge in [0.2, 0.25) is 0 Å². The van der Waals surface area contributed by atoms with Crippen molar-refractivity contribution in [3.05, 3.63) is 33.3 Å². The highest BCUT2D eigenvalue weighted by molar-refractivity contribution is 9.10. The number of benzene rings is 1. The average molecular weight is 292 g/mol. The van der Waals surface area contributed by atoms with Crippen molar-refractivity contribution in [3.63, 3.8) is 0 Å². The zero-order valence-corrected chi connectivity index (χ0v) is 10.2. The lowest BCUT2D eigenvalue weighted by atomic mass is 10.1. The number of hydrogen-bond acceptors (Lipinski definition) is 2. The van der Waals surface area contributed by atoms with Crippen LogP contribution in [0.3, 0.4) is 0 Å². The molecule has 0 heterocycles. The molecular weight excluding hydrogens is 284 g/mol. The van der Waals surface area contributed by atoms with E-state index in [2.05, 4.69) is 33.1 Å². The summed E-state index contributed by atoms with van der Waals surface area (Å²) in [5.41, 5.74) is 0.438. The highest BCUT2D eigenvalue weighted by Gasteiger charge is 2.29. The van der Waals surface area contributed by atoms with Gasteiger partial charge in [0, 0.05) is 6.21 Å². The summed E-state index contributed by atoms with van der Waals surface area (Å²) in [7, 11) is 0. The first-order valence-electron chi connectivity index (χ1n) is 4.50. The molecule has 0 bridgehead atoms. The van der Waals surface area contributed by atoms with E-state index in [-0.39, 0.29) is 16.0 Å². The Hall–Kier alpha value is -0.420. The molecular formula is C10H8BrF2NS. The fourth-order valence-electron chi connectivity index (χ4n) is 1.51. The van der Waals surface area contributed by atoms with Crippen molar-refractivity contribution in [2.24, 2.45) is 4.40 Å². The zero-order valence-electron chi connectivity index (χ0n) is 7.67. The van der Waals surface area contributed by atoms with Gasteiger partial charge < -0.3 is 0 Å². The maximum Gasteiger partial charge on any atom is 0.149 e. The molecule has 0 atom stereocenters. The lowest BCUT2D eigenvalue weighted by Crippen LogP contribution is -2.00. The van der Waals surface area contributed by atoms with Gasteiger partial charge in [0.15, 0.2) is 0 Å². The molecule has 0 amide bonds. The van der Waals surface area contributed by atoms with Crippen LogP contribution in [0.2, 0.25) is 0 Å². The molecule has 1 nitrogen and oxygen atoms in total. The van der Waals surface area contributed by atoms with E-state index < -0.39 is 11.6 Å². The van der Waals surface area contributed by atoms with Gasteiger partial charge in [0.25, 0.3) is 0 Å². The van der Waals surface area contributed by atoms with Crippen molar-refractivity contribution in [2.45, 2.75) is 18.8 Å². The van der Waals surface area contributed by atoms with Crippen LogP contribution in [-0.4, -0.2) is 6.21 Å². The second-order valence-corrected chi connectivity index (χ2v) is 4.59. The van der Waals surface area contributed by atoms with Crippen molar-refractivity contribution in [2.75, 3.05) is 0 Å². The summed E-state index contributed by atoms with van der Waals surface area (Å²) in [6.07, 6.45) is 3.02. The van der Waals surface area contributed by atoms with Gasteiger partial charge >= 0.3 is 0 Å². The summed E-state index contributed by atoms with van der Waals surface area (Å²) < 4.78 is 30.9. The minimum absolute atomic E-state index is 0.124. The number of nitrogens with zero attached hydrogens (tertiary/aromatic N) is 1. The third-order valence-corrected chi connectivity index (χ3v) is 3.11. The van der Waals surface area contributed by atoms with Gasteiger partial charge in [0.05, 0.1) is 10.0 Å². The molecule has 1 aliphatic rings. The van der Waals surface area contributed by atoms with E-state index in [1.165, 1.54) is 6.07 Å². The van der Waals surface area contributed by atoms with Crippen molar-refractivity contribution in [1.29, 1.82) is 0 Å². The van der Waals surface area contributed by atoms with E-state index in [0.717, 1.165) is 19.1 Å². The lowest BCUT2D eigenvalue weighted by molar-refractivity contribution is 0.565. The number of rotatable bonds is 2. The van der Waals surface area contributed by atoms with Crippen molar-refractivity contribution >= 4 is 35.0 Å². The fourth-order valence-corrected chi connectivity index (χ4v) is 2.08. The predicted octanol–water partition coefficient (Wildman–Crippen LogP) is 3.87. The summed E-state index contributed by atoms with van der Waals surface area (Å²) >= 11 is 6.65. The monoisotopic (exact) mass is 291 g/mol. The molecule has 1 aliphatic carbocycles. The lowest BCUT2D eigenvalue weighted by Gasteiger charge is -2.07. The summed E-state index contributed by atoms with van der Waals surface area (Å²) in [5, 5.41) is 0. The molecule has 0 spiro atoms. The maximum absolute atomic E-state index is 13.8. The molecule has 1 saturated carbocycles. The van der Waals surface area contributed by atoms with Gasteiger partial charge in [-0.05, 0) is 59.1 Å². The topological polar surface area (TPSA) is 12.4 Å². The van der Waals surface area contributed by atoms with Crippen LogP contribution in [0, 0.1) is 11.6 Å². The van der Waals surface area contributed by atoms with Crippen LogP contribution in [0.1, 0.15) is 29.9 Å². The summed E-state index contributed by atoms with van der Waals surface area (Å²) in [6, 6.07) is 1.51. The van der Waals surface area contributed by atoms with Crippen LogP contribution < -0.4 is 0 Å². The first kappa shape index (κ1) is 11.1. The van der Waals surface area contributed by atoms with Gasteiger partial charge in [-0.25, -0.2) is 13.2 Å². The van der Waals surface area contributed by atoms with E-state index in [1.54, 1.807) is 0 Å². The third-order valence-electron chi connectivity index (χ3n) is 2.42. The molecule has 0 aliphatic heterocycles. The number of thiol groups is 1. The Morgan fingerprint density at radius 1 is 1.40 bits per heavy atom. The molecule has 2 rings (SSSR count).